The molecule has 0 saturated carbocycles. The lowest BCUT2D eigenvalue weighted by Crippen LogP contribution is -2.11. The summed E-state index contributed by atoms with van der Waals surface area (Å²) in [7, 11) is 0. The zero-order valence-electron chi connectivity index (χ0n) is 27.4. The molecule has 10 aromatic rings. The second-order valence-corrected chi connectivity index (χ2v) is 13.0. The monoisotopic (exact) mass is 636 g/mol. The summed E-state index contributed by atoms with van der Waals surface area (Å²) in [4.78, 5) is 4.80. The Bertz CT molecular complexity index is 2550. The van der Waals surface area contributed by atoms with Crippen molar-refractivity contribution in [2.24, 2.45) is 0 Å². The average Bonchev–Trinajstić information content (AvgIpc) is 3.18. The quantitative estimate of drug-likeness (QED) is 0.168. The van der Waals surface area contributed by atoms with Crippen LogP contribution in [0.15, 0.2) is 194 Å². The van der Waals surface area contributed by atoms with Gasteiger partial charge >= 0.3 is 0 Å². The third kappa shape index (κ3) is 4.57. The SMILES string of the molecule is c1ccc(N(c2cc3ccc4cc(N(c5ccccc5)c5cccc6ccccc56)cc5ccc(c2)c3c45)c2cccc3ccccc23)cc1. The molecule has 0 bridgehead atoms. The van der Waals surface area contributed by atoms with Crippen LogP contribution in [0.3, 0.4) is 0 Å². The van der Waals surface area contributed by atoms with E-state index in [-0.39, 0.29) is 0 Å². The van der Waals surface area contributed by atoms with Crippen molar-refractivity contribution in [1.29, 1.82) is 0 Å². The molecular formula is C48H32N2. The Morgan fingerprint density at radius 1 is 0.240 bits per heavy atom. The number of nitrogens with zero attached hydrogens (tertiary/aromatic N) is 2. The van der Waals surface area contributed by atoms with E-state index in [1.165, 1.54) is 65.2 Å². The molecule has 10 rings (SSSR count). The van der Waals surface area contributed by atoms with E-state index < -0.39 is 0 Å². The smallest absolute Gasteiger partial charge is 0.0540 e. The maximum atomic E-state index is 2.40. The lowest BCUT2D eigenvalue weighted by molar-refractivity contribution is 1.30. The first kappa shape index (κ1) is 28.4. The van der Waals surface area contributed by atoms with E-state index >= 15 is 0 Å². The van der Waals surface area contributed by atoms with Crippen molar-refractivity contribution in [1.82, 2.24) is 0 Å². The van der Waals surface area contributed by atoms with E-state index in [0.717, 1.165) is 22.7 Å². The fourth-order valence-electron chi connectivity index (χ4n) is 7.88. The zero-order chi connectivity index (χ0) is 33.0. The minimum absolute atomic E-state index is 1.13. The molecule has 2 heteroatoms. The fourth-order valence-corrected chi connectivity index (χ4v) is 7.88. The van der Waals surface area contributed by atoms with Crippen molar-refractivity contribution in [2.45, 2.75) is 0 Å². The predicted octanol–water partition coefficient (Wildman–Crippen LogP) is 13.8. The largest absolute Gasteiger partial charge is 0.310 e. The van der Waals surface area contributed by atoms with Gasteiger partial charge in [-0.2, -0.15) is 0 Å². The molecule has 0 heterocycles. The van der Waals surface area contributed by atoms with Crippen LogP contribution in [0.5, 0.6) is 0 Å². The van der Waals surface area contributed by atoms with E-state index in [9.17, 15) is 0 Å². The first-order chi connectivity index (χ1) is 24.8. The van der Waals surface area contributed by atoms with Gasteiger partial charge in [-0.3, -0.25) is 0 Å². The van der Waals surface area contributed by atoms with E-state index in [4.69, 9.17) is 0 Å². The molecule has 0 aliphatic carbocycles. The van der Waals surface area contributed by atoms with Crippen LogP contribution in [-0.4, -0.2) is 0 Å². The van der Waals surface area contributed by atoms with Gasteiger partial charge < -0.3 is 9.80 Å². The van der Waals surface area contributed by atoms with Gasteiger partial charge in [0.15, 0.2) is 0 Å². The highest BCUT2D eigenvalue weighted by Gasteiger charge is 2.20. The van der Waals surface area contributed by atoms with Gasteiger partial charge in [-0.05, 0) is 104 Å². The molecule has 2 nitrogen and oxygen atoms in total. The molecule has 0 aliphatic heterocycles. The molecule has 0 N–H and O–H groups in total. The highest BCUT2D eigenvalue weighted by atomic mass is 15.1. The number of benzene rings is 10. The Balaban J connectivity index is 1.18. The van der Waals surface area contributed by atoms with Crippen LogP contribution >= 0.6 is 0 Å². The van der Waals surface area contributed by atoms with Crippen molar-refractivity contribution in [3.05, 3.63) is 194 Å². The number of rotatable bonds is 6. The van der Waals surface area contributed by atoms with Gasteiger partial charge in [0, 0.05) is 33.5 Å². The number of fused-ring (bicyclic) bond motifs is 2. The van der Waals surface area contributed by atoms with Crippen LogP contribution < -0.4 is 9.80 Å². The lowest BCUT2D eigenvalue weighted by Gasteiger charge is -2.28. The van der Waals surface area contributed by atoms with Crippen molar-refractivity contribution in [3.63, 3.8) is 0 Å². The molecule has 0 amide bonds. The minimum atomic E-state index is 1.13. The van der Waals surface area contributed by atoms with Crippen LogP contribution in [0.1, 0.15) is 0 Å². The van der Waals surface area contributed by atoms with Gasteiger partial charge in [0.1, 0.15) is 0 Å². The van der Waals surface area contributed by atoms with E-state index in [0.29, 0.717) is 0 Å². The number of anilines is 6. The summed E-state index contributed by atoms with van der Waals surface area (Å²) in [5.41, 5.74) is 6.89. The van der Waals surface area contributed by atoms with Crippen molar-refractivity contribution in [3.8, 4) is 0 Å². The van der Waals surface area contributed by atoms with Crippen molar-refractivity contribution in [2.75, 3.05) is 9.80 Å². The molecule has 0 unspecified atom stereocenters. The Hall–Kier alpha value is -6.64. The van der Waals surface area contributed by atoms with Crippen LogP contribution in [0.4, 0.5) is 34.1 Å². The Morgan fingerprint density at radius 2 is 0.580 bits per heavy atom. The van der Waals surface area contributed by atoms with Gasteiger partial charge in [-0.15, -0.1) is 0 Å². The molecule has 0 saturated heterocycles. The number of para-hydroxylation sites is 2. The summed E-state index contributed by atoms with van der Waals surface area (Å²) in [5.74, 6) is 0. The third-order valence-corrected chi connectivity index (χ3v) is 10.1. The Labute approximate surface area is 291 Å². The van der Waals surface area contributed by atoms with Crippen molar-refractivity contribution < 1.29 is 0 Å². The maximum absolute atomic E-state index is 2.40. The van der Waals surface area contributed by atoms with Gasteiger partial charge in [-0.25, -0.2) is 0 Å². The molecular weight excluding hydrogens is 605 g/mol. The summed E-state index contributed by atoms with van der Waals surface area (Å²) in [6.45, 7) is 0. The molecule has 0 fully saturated rings. The van der Waals surface area contributed by atoms with E-state index in [2.05, 4.69) is 204 Å². The summed E-state index contributed by atoms with van der Waals surface area (Å²) in [6, 6.07) is 70.5. The van der Waals surface area contributed by atoms with E-state index in [1.807, 2.05) is 0 Å². The van der Waals surface area contributed by atoms with Gasteiger partial charge in [0.2, 0.25) is 0 Å². The van der Waals surface area contributed by atoms with Gasteiger partial charge in [-0.1, -0.05) is 133 Å². The highest BCUT2D eigenvalue weighted by Crippen LogP contribution is 2.46. The average molecular weight is 637 g/mol. The lowest BCUT2D eigenvalue weighted by atomic mass is 9.92. The van der Waals surface area contributed by atoms with Crippen LogP contribution in [0, 0.1) is 0 Å². The highest BCUT2D eigenvalue weighted by molar-refractivity contribution is 6.25. The maximum Gasteiger partial charge on any atom is 0.0540 e. The summed E-state index contributed by atoms with van der Waals surface area (Å²) in [5, 5.41) is 12.5. The Morgan fingerprint density at radius 3 is 0.980 bits per heavy atom. The number of hydrogen-bond donors (Lipinski definition) is 0. The summed E-state index contributed by atoms with van der Waals surface area (Å²) < 4.78 is 0. The van der Waals surface area contributed by atoms with Crippen LogP contribution in [0.2, 0.25) is 0 Å². The Kier molecular flexibility index (Phi) is 6.53. The van der Waals surface area contributed by atoms with Crippen LogP contribution in [0.25, 0.3) is 53.9 Å². The fraction of sp³-hybridized carbons (Fsp3) is 0. The van der Waals surface area contributed by atoms with Gasteiger partial charge in [0.05, 0.1) is 11.4 Å². The molecule has 0 aromatic heterocycles. The molecule has 10 aromatic carbocycles. The molecule has 0 radical (unpaired) electrons. The standard InChI is InChI=1S/C48H32N2/c1-3-17-39(18-4-1)49(45-23-11-15-33-13-7-9-21-43(33)45)41-29-35-25-27-37-31-42(32-38-28-26-36(30-41)47(35)48(37)38)50(40-19-5-2-6-20-40)46-24-12-16-34-14-8-10-22-44(34)46/h1-32H. The predicted molar refractivity (Wildman–Crippen MR) is 215 cm³/mol. The molecule has 0 atom stereocenters. The van der Waals surface area contributed by atoms with E-state index in [1.54, 1.807) is 0 Å². The molecule has 50 heavy (non-hydrogen) atoms. The van der Waals surface area contributed by atoms with Crippen LogP contribution in [-0.2, 0) is 0 Å². The topological polar surface area (TPSA) is 6.48 Å². The second-order valence-electron chi connectivity index (χ2n) is 13.0. The second kappa shape index (κ2) is 11.5. The molecule has 0 aliphatic rings. The summed E-state index contributed by atoms with van der Waals surface area (Å²) >= 11 is 0. The first-order valence-corrected chi connectivity index (χ1v) is 17.2. The molecule has 234 valence electrons. The minimum Gasteiger partial charge on any atom is -0.310 e. The van der Waals surface area contributed by atoms with Crippen molar-refractivity contribution >= 4 is 88.0 Å². The summed E-state index contributed by atoms with van der Waals surface area (Å²) in [6.07, 6.45) is 0. The first-order valence-electron chi connectivity index (χ1n) is 17.2. The normalized spacial score (nSPS) is 11.6. The number of hydrogen-bond acceptors (Lipinski definition) is 2. The molecule has 0 spiro atoms. The van der Waals surface area contributed by atoms with Gasteiger partial charge in [0.25, 0.3) is 0 Å². The third-order valence-electron chi connectivity index (χ3n) is 10.1. The zero-order valence-corrected chi connectivity index (χ0v) is 27.4.